The minimum absolute atomic E-state index is 0.0451. The topological polar surface area (TPSA) is 61.8 Å². The maximum atomic E-state index is 11.4. The first kappa shape index (κ1) is 27.5. The Morgan fingerprint density at radius 2 is 1.72 bits per heavy atom. The van der Waals surface area contributed by atoms with E-state index in [4.69, 9.17) is 4.74 Å². The molecule has 1 atom stereocenters. The quantitative estimate of drug-likeness (QED) is 0.312. The molecule has 0 amide bonds. The molecule has 2 aromatic carbocycles. The van der Waals surface area contributed by atoms with Crippen molar-refractivity contribution in [3.8, 4) is 5.75 Å². The summed E-state index contributed by atoms with van der Waals surface area (Å²) < 4.78 is 4.98. The predicted molar refractivity (Wildman–Crippen MR) is 135 cm³/mol. The minimum atomic E-state index is -0.0983. The first-order chi connectivity index (χ1) is 15.4. The van der Waals surface area contributed by atoms with Crippen molar-refractivity contribution in [2.45, 2.75) is 65.8 Å². The van der Waals surface area contributed by atoms with Crippen LogP contribution in [0.15, 0.2) is 42.5 Å². The normalized spacial score (nSPS) is 11.3. The molecule has 0 saturated heterocycles. The van der Waals surface area contributed by atoms with Crippen LogP contribution in [-0.4, -0.2) is 38.3 Å². The number of nitrogens with zero attached hydrogens (tertiary/aromatic N) is 1. The summed E-state index contributed by atoms with van der Waals surface area (Å²) >= 11 is 0. The van der Waals surface area contributed by atoms with Gasteiger partial charge < -0.3 is 20.1 Å². The molecule has 5 nitrogen and oxygen atoms in total. The molecule has 0 bridgehead atoms. The summed E-state index contributed by atoms with van der Waals surface area (Å²) in [5, 5.41) is 13.6. The molecule has 2 rings (SSSR count). The van der Waals surface area contributed by atoms with Crippen molar-refractivity contribution in [1.29, 1.82) is 0 Å². The number of aromatic hydroxyl groups is 1. The molecule has 0 fully saturated rings. The van der Waals surface area contributed by atoms with Gasteiger partial charge in [-0.2, -0.15) is 0 Å². The molecular formula is C27H42N2O3. The number of anilines is 1. The molecule has 2 N–H and O–H groups in total. The van der Waals surface area contributed by atoms with Crippen molar-refractivity contribution >= 4 is 11.7 Å². The standard InChI is InChI=1S/C25H36N2O3.C2H6/c1-5-30-24(29)14-8-6-7-11-17-26-25(21-16-15-20(28)18-19(21)2)22-12-9-10-13-23(22)27(3)4;1-2/h9-10,12-13,15-16,18,25-26,28H,5-8,11,14,17H2,1-4H3;1-2H3. The zero-order valence-corrected chi connectivity index (χ0v) is 20.8. The van der Waals surface area contributed by atoms with Crippen LogP contribution in [0.3, 0.4) is 0 Å². The smallest absolute Gasteiger partial charge is 0.305 e. The lowest BCUT2D eigenvalue weighted by molar-refractivity contribution is -0.143. The monoisotopic (exact) mass is 442 g/mol. The highest BCUT2D eigenvalue weighted by Gasteiger charge is 2.19. The number of phenols is 1. The lowest BCUT2D eigenvalue weighted by atomic mass is 9.93. The van der Waals surface area contributed by atoms with Crippen molar-refractivity contribution < 1.29 is 14.6 Å². The van der Waals surface area contributed by atoms with Gasteiger partial charge in [0, 0.05) is 26.2 Å². The molecule has 0 radical (unpaired) electrons. The van der Waals surface area contributed by atoms with E-state index in [2.05, 4.69) is 48.6 Å². The number of rotatable bonds is 12. The summed E-state index contributed by atoms with van der Waals surface area (Å²) in [5.41, 5.74) is 4.63. The number of hydrogen-bond acceptors (Lipinski definition) is 5. The van der Waals surface area contributed by atoms with Crippen molar-refractivity contribution in [1.82, 2.24) is 5.32 Å². The summed E-state index contributed by atoms with van der Waals surface area (Å²) in [4.78, 5) is 13.6. The maximum absolute atomic E-state index is 11.4. The van der Waals surface area contributed by atoms with E-state index in [1.54, 1.807) is 6.07 Å². The number of esters is 1. The van der Waals surface area contributed by atoms with E-state index >= 15 is 0 Å². The van der Waals surface area contributed by atoms with Crippen LogP contribution < -0.4 is 10.2 Å². The zero-order chi connectivity index (χ0) is 23.9. The molecular weight excluding hydrogens is 400 g/mol. The average molecular weight is 443 g/mol. The average Bonchev–Trinajstić information content (AvgIpc) is 2.78. The highest BCUT2D eigenvalue weighted by molar-refractivity contribution is 5.69. The third-order valence-corrected chi connectivity index (χ3v) is 5.26. The second kappa shape index (κ2) is 15.3. The molecule has 0 aromatic heterocycles. The van der Waals surface area contributed by atoms with Crippen LogP contribution in [0.1, 0.15) is 75.6 Å². The number of para-hydroxylation sites is 1. The Bertz CT molecular complexity index is 805. The van der Waals surface area contributed by atoms with Crippen molar-refractivity contribution in [3.63, 3.8) is 0 Å². The van der Waals surface area contributed by atoms with Gasteiger partial charge in [0.05, 0.1) is 12.6 Å². The van der Waals surface area contributed by atoms with Crippen LogP contribution in [0.2, 0.25) is 0 Å². The molecule has 0 heterocycles. The van der Waals surface area contributed by atoms with Crippen molar-refractivity contribution in [2.75, 3.05) is 32.1 Å². The van der Waals surface area contributed by atoms with E-state index in [0.29, 0.717) is 13.0 Å². The Hall–Kier alpha value is -2.53. The lowest BCUT2D eigenvalue weighted by Crippen LogP contribution is -2.26. The van der Waals surface area contributed by atoms with Gasteiger partial charge in [-0.15, -0.1) is 0 Å². The van der Waals surface area contributed by atoms with E-state index in [-0.39, 0.29) is 17.8 Å². The third-order valence-electron chi connectivity index (χ3n) is 5.26. The second-order valence-corrected chi connectivity index (χ2v) is 7.85. The van der Waals surface area contributed by atoms with Crippen molar-refractivity contribution in [2.24, 2.45) is 0 Å². The van der Waals surface area contributed by atoms with Crippen molar-refractivity contribution in [3.05, 3.63) is 59.2 Å². The van der Waals surface area contributed by atoms with Crippen LogP contribution in [0, 0.1) is 6.92 Å². The van der Waals surface area contributed by atoms with E-state index in [9.17, 15) is 9.90 Å². The first-order valence-electron chi connectivity index (χ1n) is 11.9. The number of unbranched alkanes of at least 4 members (excludes halogenated alkanes) is 3. The Morgan fingerprint density at radius 3 is 2.38 bits per heavy atom. The minimum Gasteiger partial charge on any atom is -0.508 e. The number of hydrogen-bond donors (Lipinski definition) is 2. The molecule has 0 spiro atoms. The molecule has 5 heteroatoms. The highest BCUT2D eigenvalue weighted by atomic mass is 16.5. The van der Waals surface area contributed by atoms with Gasteiger partial charge in [-0.1, -0.05) is 51.0 Å². The largest absolute Gasteiger partial charge is 0.508 e. The number of aryl methyl sites for hydroxylation is 1. The molecule has 1 unspecified atom stereocenters. The third kappa shape index (κ3) is 8.91. The summed E-state index contributed by atoms with van der Waals surface area (Å²) in [5.74, 6) is 0.191. The lowest BCUT2D eigenvalue weighted by Gasteiger charge is -2.27. The van der Waals surface area contributed by atoms with Crippen LogP contribution in [0.4, 0.5) is 5.69 Å². The number of carbonyl (C=O) groups excluding carboxylic acids is 1. The van der Waals surface area contributed by atoms with E-state index in [1.165, 1.54) is 16.8 Å². The Kier molecular flexibility index (Phi) is 13.2. The summed E-state index contributed by atoms with van der Waals surface area (Å²) in [6.07, 6.45) is 4.52. The van der Waals surface area contributed by atoms with Gasteiger partial charge >= 0.3 is 5.97 Å². The Labute approximate surface area is 194 Å². The summed E-state index contributed by atoms with van der Waals surface area (Å²) in [6, 6.07) is 14.1. The second-order valence-electron chi connectivity index (χ2n) is 7.85. The Morgan fingerprint density at radius 1 is 1.03 bits per heavy atom. The summed E-state index contributed by atoms with van der Waals surface area (Å²) in [6.45, 7) is 9.21. The number of carbonyl (C=O) groups is 1. The van der Waals surface area contributed by atoms with Gasteiger partial charge in [-0.05, 0) is 68.1 Å². The maximum Gasteiger partial charge on any atom is 0.305 e. The fourth-order valence-corrected chi connectivity index (χ4v) is 3.74. The van der Waals surface area contributed by atoms with Gasteiger partial charge in [0.1, 0.15) is 5.75 Å². The molecule has 32 heavy (non-hydrogen) atoms. The zero-order valence-electron chi connectivity index (χ0n) is 20.8. The van der Waals surface area contributed by atoms with Gasteiger partial charge in [0.25, 0.3) is 0 Å². The number of phenolic OH excluding ortho intramolecular Hbond substituents is 1. The van der Waals surface area contributed by atoms with E-state index < -0.39 is 0 Å². The van der Waals surface area contributed by atoms with Gasteiger partial charge in [0.2, 0.25) is 0 Å². The van der Waals surface area contributed by atoms with Crippen LogP contribution in [0.25, 0.3) is 0 Å². The van der Waals surface area contributed by atoms with E-state index in [0.717, 1.165) is 37.8 Å². The fourth-order valence-electron chi connectivity index (χ4n) is 3.74. The highest BCUT2D eigenvalue weighted by Crippen LogP contribution is 2.32. The first-order valence-corrected chi connectivity index (χ1v) is 11.9. The fraction of sp³-hybridized carbons (Fsp3) is 0.519. The number of nitrogens with one attached hydrogen (secondary N) is 1. The number of ether oxygens (including phenoxy) is 1. The van der Waals surface area contributed by atoms with Crippen LogP contribution in [-0.2, 0) is 9.53 Å². The summed E-state index contributed by atoms with van der Waals surface area (Å²) in [7, 11) is 4.12. The Balaban J connectivity index is 0.00000249. The molecule has 0 saturated carbocycles. The van der Waals surface area contributed by atoms with Crippen LogP contribution in [0.5, 0.6) is 5.75 Å². The molecule has 2 aromatic rings. The number of benzene rings is 2. The predicted octanol–water partition coefficient (Wildman–Crippen LogP) is 5.99. The van der Waals surface area contributed by atoms with Gasteiger partial charge in [0.15, 0.2) is 0 Å². The molecule has 178 valence electrons. The SMILES string of the molecule is CC.CCOC(=O)CCCCCCNC(c1ccc(O)cc1C)c1ccccc1N(C)C. The van der Waals surface area contributed by atoms with Gasteiger partial charge in [-0.3, -0.25) is 4.79 Å². The van der Waals surface area contributed by atoms with E-state index in [1.807, 2.05) is 39.8 Å². The van der Waals surface area contributed by atoms with Gasteiger partial charge in [-0.25, -0.2) is 0 Å². The molecule has 0 aliphatic heterocycles. The molecule has 0 aliphatic rings. The van der Waals surface area contributed by atoms with Crippen LogP contribution >= 0.6 is 0 Å². The molecule has 0 aliphatic carbocycles.